The van der Waals surface area contributed by atoms with Crippen LogP contribution in [0.5, 0.6) is 0 Å². The van der Waals surface area contributed by atoms with E-state index in [9.17, 15) is 9.18 Å². The van der Waals surface area contributed by atoms with Crippen molar-refractivity contribution in [3.8, 4) is 11.5 Å². The molecular formula is C19H15FN6O2. The molecule has 0 spiro atoms. The van der Waals surface area contributed by atoms with Crippen molar-refractivity contribution in [3.63, 3.8) is 0 Å². The summed E-state index contributed by atoms with van der Waals surface area (Å²) in [4.78, 5) is 16.7. The molecule has 3 heterocycles. The summed E-state index contributed by atoms with van der Waals surface area (Å²) < 4.78 is 20.3. The van der Waals surface area contributed by atoms with Gasteiger partial charge in [0.15, 0.2) is 11.5 Å². The minimum absolute atomic E-state index is 0.00339. The summed E-state index contributed by atoms with van der Waals surface area (Å²) in [6.45, 7) is 0. The van der Waals surface area contributed by atoms with Crippen LogP contribution in [0.4, 0.5) is 10.1 Å². The third-order valence-electron chi connectivity index (χ3n) is 4.54. The van der Waals surface area contributed by atoms with Gasteiger partial charge in [0, 0.05) is 23.4 Å². The highest BCUT2D eigenvalue weighted by Gasteiger charge is 2.29. The summed E-state index contributed by atoms with van der Waals surface area (Å²) in [5.41, 5.74) is 1.70. The highest BCUT2D eigenvalue weighted by molar-refractivity contribution is 5.91. The minimum atomic E-state index is -0.413. The zero-order chi connectivity index (χ0) is 19.1. The molecule has 3 aromatic heterocycles. The number of nitrogens with one attached hydrogen (secondary N) is 1. The van der Waals surface area contributed by atoms with Crippen LogP contribution in [0.25, 0.3) is 17.1 Å². The Morgan fingerprint density at radius 1 is 1.25 bits per heavy atom. The summed E-state index contributed by atoms with van der Waals surface area (Å²) in [7, 11) is 0. The molecule has 1 aromatic carbocycles. The molecule has 1 N–H and O–H groups in total. The number of hydrogen-bond donors (Lipinski definition) is 1. The number of aromatic nitrogens is 5. The quantitative estimate of drug-likeness (QED) is 0.573. The summed E-state index contributed by atoms with van der Waals surface area (Å²) in [5.74, 6) is 1.35. The maximum absolute atomic E-state index is 13.2. The van der Waals surface area contributed by atoms with Gasteiger partial charge in [-0.25, -0.2) is 4.39 Å². The van der Waals surface area contributed by atoms with E-state index in [2.05, 4.69) is 25.7 Å². The predicted molar refractivity (Wildman–Crippen MR) is 97.0 cm³/mol. The van der Waals surface area contributed by atoms with E-state index in [0.29, 0.717) is 29.0 Å². The van der Waals surface area contributed by atoms with E-state index in [4.69, 9.17) is 4.52 Å². The Labute approximate surface area is 158 Å². The molecular weight excluding hydrogens is 363 g/mol. The molecule has 0 bridgehead atoms. The van der Waals surface area contributed by atoms with Gasteiger partial charge in [0.25, 0.3) is 5.89 Å². The number of amides is 1. The zero-order valence-corrected chi connectivity index (χ0v) is 14.7. The number of carbonyl (C=O) groups is 1. The molecule has 0 atom stereocenters. The Bertz CT molecular complexity index is 1180. The topological polar surface area (TPSA) is 98.2 Å². The van der Waals surface area contributed by atoms with Gasteiger partial charge in [-0.15, -0.1) is 10.2 Å². The van der Waals surface area contributed by atoms with Gasteiger partial charge in [-0.2, -0.15) is 4.98 Å². The van der Waals surface area contributed by atoms with Crippen molar-refractivity contribution < 1.29 is 13.7 Å². The lowest BCUT2D eigenvalue weighted by Gasteiger charge is -2.04. The molecule has 1 saturated carbocycles. The van der Waals surface area contributed by atoms with Crippen molar-refractivity contribution in [3.05, 3.63) is 60.1 Å². The van der Waals surface area contributed by atoms with Crippen LogP contribution in [0.3, 0.4) is 0 Å². The molecule has 1 fully saturated rings. The average Bonchev–Trinajstić information content (AvgIpc) is 3.28. The van der Waals surface area contributed by atoms with Gasteiger partial charge in [0.1, 0.15) is 11.6 Å². The second-order valence-electron chi connectivity index (χ2n) is 6.73. The van der Waals surface area contributed by atoms with E-state index in [1.807, 2.05) is 6.07 Å². The van der Waals surface area contributed by atoms with Gasteiger partial charge in [-0.1, -0.05) is 11.2 Å². The SMILES string of the molecule is O=C(Cc1nnc2cc(-c3nc(C4CC4)no3)ccn12)Nc1cccc(F)c1. The van der Waals surface area contributed by atoms with Crippen molar-refractivity contribution in [1.29, 1.82) is 0 Å². The molecule has 0 radical (unpaired) electrons. The predicted octanol–water partition coefficient (Wildman–Crippen LogP) is 2.98. The molecule has 0 unspecified atom stereocenters. The average molecular weight is 378 g/mol. The molecule has 8 nitrogen and oxygen atoms in total. The van der Waals surface area contributed by atoms with E-state index < -0.39 is 5.82 Å². The standard InChI is InChI=1S/C19H15FN6O2/c20-13-2-1-3-14(9-13)21-17(27)10-16-24-23-15-8-12(6-7-26(15)16)19-22-18(25-28-19)11-4-5-11/h1-3,6-9,11H,4-5,10H2,(H,21,27). The van der Waals surface area contributed by atoms with Gasteiger partial charge in [0.05, 0.1) is 6.42 Å². The largest absolute Gasteiger partial charge is 0.334 e. The number of nitrogens with zero attached hydrogens (tertiary/aromatic N) is 5. The molecule has 0 saturated heterocycles. The minimum Gasteiger partial charge on any atom is -0.334 e. The van der Waals surface area contributed by atoms with E-state index in [-0.39, 0.29) is 12.3 Å². The molecule has 1 amide bonds. The van der Waals surface area contributed by atoms with Crippen LogP contribution in [0.1, 0.15) is 30.4 Å². The number of hydrogen-bond acceptors (Lipinski definition) is 6. The Hall–Kier alpha value is -3.62. The number of anilines is 1. The lowest BCUT2D eigenvalue weighted by molar-refractivity contribution is -0.115. The summed E-state index contributed by atoms with van der Waals surface area (Å²) in [6, 6.07) is 9.32. The highest BCUT2D eigenvalue weighted by Crippen LogP contribution is 2.38. The molecule has 9 heteroatoms. The van der Waals surface area contributed by atoms with E-state index in [0.717, 1.165) is 24.2 Å². The third kappa shape index (κ3) is 3.22. The Morgan fingerprint density at radius 3 is 2.96 bits per heavy atom. The summed E-state index contributed by atoms with van der Waals surface area (Å²) in [5, 5.41) is 14.9. The number of carbonyl (C=O) groups excluding carboxylic acids is 1. The van der Waals surface area contributed by atoms with Gasteiger partial charge in [0.2, 0.25) is 5.91 Å². The molecule has 28 heavy (non-hydrogen) atoms. The maximum atomic E-state index is 13.2. The molecule has 5 rings (SSSR count). The lowest BCUT2D eigenvalue weighted by atomic mass is 10.2. The second-order valence-corrected chi connectivity index (χ2v) is 6.73. The van der Waals surface area contributed by atoms with Crippen LogP contribution in [0.2, 0.25) is 0 Å². The molecule has 0 aliphatic heterocycles. The van der Waals surface area contributed by atoms with Gasteiger partial charge in [-0.3, -0.25) is 9.20 Å². The maximum Gasteiger partial charge on any atom is 0.258 e. The number of fused-ring (bicyclic) bond motifs is 1. The number of benzene rings is 1. The normalized spacial score (nSPS) is 13.8. The van der Waals surface area contributed by atoms with Crippen LogP contribution in [0, 0.1) is 5.82 Å². The van der Waals surface area contributed by atoms with Crippen molar-refractivity contribution in [1.82, 2.24) is 24.7 Å². The Kier molecular flexibility index (Phi) is 3.85. The summed E-state index contributed by atoms with van der Waals surface area (Å²) in [6.07, 6.45) is 3.96. The second kappa shape index (κ2) is 6.52. The van der Waals surface area contributed by atoms with E-state index in [1.165, 1.54) is 18.2 Å². The Balaban J connectivity index is 1.35. The highest BCUT2D eigenvalue weighted by atomic mass is 19.1. The van der Waals surface area contributed by atoms with E-state index in [1.54, 1.807) is 22.7 Å². The van der Waals surface area contributed by atoms with Crippen LogP contribution in [-0.4, -0.2) is 30.6 Å². The smallest absolute Gasteiger partial charge is 0.258 e. The van der Waals surface area contributed by atoms with Crippen molar-refractivity contribution >= 4 is 17.2 Å². The first-order valence-corrected chi connectivity index (χ1v) is 8.89. The summed E-state index contributed by atoms with van der Waals surface area (Å²) >= 11 is 0. The molecule has 140 valence electrons. The van der Waals surface area contributed by atoms with Crippen LogP contribution in [-0.2, 0) is 11.2 Å². The fraction of sp³-hybridized carbons (Fsp3) is 0.211. The monoisotopic (exact) mass is 378 g/mol. The zero-order valence-electron chi connectivity index (χ0n) is 14.7. The van der Waals surface area contributed by atoms with Crippen LogP contribution >= 0.6 is 0 Å². The fourth-order valence-corrected chi connectivity index (χ4v) is 2.97. The van der Waals surface area contributed by atoms with Gasteiger partial charge < -0.3 is 9.84 Å². The first kappa shape index (κ1) is 16.5. The van der Waals surface area contributed by atoms with Crippen molar-refractivity contribution in [2.24, 2.45) is 0 Å². The lowest BCUT2D eigenvalue weighted by Crippen LogP contribution is -2.16. The third-order valence-corrected chi connectivity index (χ3v) is 4.54. The molecule has 1 aliphatic carbocycles. The number of halogens is 1. The van der Waals surface area contributed by atoms with Crippen molar-refractivity contribution in [2.45, 2.75) is 25.2 Å². The first-order valence-electron chi connectivity index (χ1n) is 8.89. The van der Waals surface area contributed by atoms with Gasteiger partial charge >= 0.3 is 0 Å². The number of pyridine rings is 1. The van der Waals surface area contributed by atoms with Crippen LogP contribution in [0.15, 0.2) is 47.1 Å². The molecule has 4 aromatic rings. The van der Waals surface area contributed by atoms with E-state index >= 15 is 0 Å². The Morgan fingerprint density at radius 2 is 2.14 bits per heavy atom. The van der Waals surface area contributed by atoms with Gasteiger partial charge in [-0.05, 0) is 43.2 Å². The fourth-order valence-electron chi connectivity index (χ4n) is 2.97. The molecule has 1 aliphatic rings. The first-order chi connectivity index (χ1) is 13.7. The van der Waals surface area contributed by atoms with Crippen LogP contribution < -0.4 is 5.32 Å². The number of rotatable bonds is 5. The van der Waals surface area contributed by atoms with Crippen molar-refractivity contribution in [2.75, 3.05) is 5.32 Å².